The highest BCUT2D eigenvalue weighted by molar-refractivity contribution is 5.91. The van der Waals surface area contributed by atoms with E-state index in [1.165, 1.54) is 0 Å². The van der Waals surface area contributed by atoms with Gasteiger partial charge in [0.15, 0.2) is 0 Å². The number of anilines is 1. The predicted octanol–water partition coefficient (Wildman–Crippen LogP) is 1.00. The van der Waals surface area contributed by atoms with E-state index in [4.69, 9.17) is 0 Å². The van der Waals surface area contributed by atoms with E-state index in [1.807, 2.05) is 18.2 Å². The Morgan fingerprint density at radius 2 is 2.38 bits per heavy atom. The Bertz CT molecular complexity index is 299. The molecule has 1 aliphatic rings. The molecule has 68 valence electrons. The van der Waals surface area contributed by atoms with E-state index >= 15 is 0 Å². The molecule has 0 aromatic carbocycles. The van der Waals surface area contributed by atoms with Crippen molar-refractivity contribution in [1.82, 2.24) is 10.3 Å². The maximum absolute atomic E-state index is 11.4. The Morgan fingerprint density at radius 1 is 1.46 bits per heavy atom. The van der Waals surface area contributed by atoms with Crippen LogP contribution in [0.2, 0.25) is 0 Å². The maximum atomic E-state index is 11.4. The molecule has 0 saturated carbocycles. The standard InChI is InChI=1S/C9H11N3O/c13-9-11-6-3-7-12(9)8-4-1-2-5-10-8/h1-2,4-5H,3,6-7H2,(H,11,13). The van der Waals surface area contributed by atoms with E-state index in [1.54, 1.807) is 11.1 Å². The molecule has 1 N–H and O–H groups in total. The van der Waals surface area contributed by atoms with Gasteiger partial charge in [0.2, 0.25) is 0 Å². The lowest BCUT2D eigenvalue weighted by Crippen LogP contribution is -2.46. The molecular weight excluding hydrogens is 166 g/mol. The summed E-state index contributed by atoms with van der Waals surface area (Å²) in [5.74, 6) is 0.722. The van der Waals surface area contributed by atoms with Gasteiger partial charge in [-0.05, 0) is 18.6 Å². The second-order valence-corrected chi connectivity index (χ2v) is 2.93. The molecule has 0 spiro atoms. The van der Waals surface area contributed by atoms with Crippen molar-refractivity contribution in [2.24, 2.45) is 0 Å². The van der Waals surface area contributed by atoms with Gasteiger partial charge >= 0.3 is 6.03 Å². The normalized spacial score (nSPS) is 16.9. The zero-order valence-electron chi connectivity index (χ0n) is 7.23. The molecule has 2 amide bonds. The SMILES string of the molecule is O=C1NCCCN1c1ccccn1. The van der Waals surface area contributed by atoms with Crippen LogP contribution in [0.1, 0.15) is 6.42 Å². The molecule has 2 heterocycles. The Labute approximate surface area is 76.6 Å². The third-order valence-electron chi connectivity index (χ3n) is 2.01. The molecule has 2 rings (SSSR count). The molecule has 1 aromatic rings. The van der Waals surface area contributed by atoms with Crippen molar-refractivity contribution in [2.75, 3.05) is 18.0 Å². The van der Waals surface area contributed by atoms with Crippen molar-refractivity contribution < 1.29 is 4.79 Å². The second-order valence-electron chi connectivity index (χ2n) is 2.93. The van der Waals surface area contributed by atoms with Gasteiger partial charge in [0, 0.05) is 19.3 Å². The number of amides is 2. The number of hydrogen-bond acceptors (Lipinski definition) is 2. The molecule has 1 aliphatic heterocycles. The summed E-state index contributed by atoms with van der Waals surface area (Å²) in [6, 6.07) is 5.51. The number of urea groups is 1. The lowest BCUT2D eigenvalue weighted by Gasteiger charge is -2.26. The Morgan fingerprint density at radius 3 is 3.08 bits per heavy atom. The number of carbonyl (C=O) groups is 1. The summed E-state index contributed by atoms with van der Waals surface area (Å²) in [4.78, 5) is 17.1. The van der Waals surface area contributed by atoms with Crippen LogP contribution in [0.5, 0.6) is 0 Å². The summed E-state index contributed by atoms with van der Waals surface area (Å²) in [5, 5.41) is 2.78. The van der Waals surface area contributed by atoms with E-state index in [0.29, 0.717) is 0 Å². The topological polar surface area (TPSA) is 45.2 Å². The average molecular weight is 177 g/mol. The average Bonchev–Trinajstić information content (AvgIpc) is 2.20. The predicted molar refractivity (Wildman–Crippen MR) is 49.6 cm³/mol. The van der Waals surface area contributed by atoms with Crippen molar-refractivity contribution in [1.29, 1.82) is 0 Å². The van der Waals surface area contributed by atoms with Gasteiger partial charge in [0.05, 0.1) is 0 Å². The first-order valence-corrected chi connectivity index (χ1v) is 4.34. The number of pyridine rings is 1. The van der Waals surface area contributed by atoms with Gasteiger partial charge in [-0.3, -0.25) is 4.90 Å². The lowest BCUT2D eigenvalue weighted by molar-refractivity contribution is 0.242. The minimum absolute atomic E-state index is 0.0510. The highest BCUT2D eigenvalue weighted by Gasteiger charge is 2.19. The first kappa shape index (κ1) is 8.04. The molecule has 0 radical (unpaired) electrons. The molecule has 4 nitrogen and oxygen atoms in total. The number of rotatable bonds is 1. The molecular formula is C9H11N3O. The Kier molecular flexibility index (Phi) is 2.12. The van der Waals surface area contributed by atoms with Crippen LogP contribution in [-0.2, 0) is 0 Å². The van der Waals surface area contributed by atoms with Gasteiger partial charge in [-0.1, -0.05) is 6.07 Å². The van der Waals surface area contributed by atoms with Crippen molar-refractivity contribution in [3.8, 4) is 0 Å². The third-order valence-corrected chi connectivity index (χ3v) is 2.01. The smallest absolute Gasteiger partial charge is 0.323 e. The quantitative estimate of drug-likeness (QED) is 0.695. The summed E-state index contributed by atoms with van der Waals surface area (Å²) in [5.41, 5.74) is 0. The fourth-order valence-electron chi connectivity index (χ4n) is 1.36. The van der Waals surface area contributed by atoms with Gasteiger partial charge in [0.25, 0.3) is 0 Å². The summed E-state index contributed by atoms with van der Waals surface area (Å²) in [7, 11) is 0. The van der Waals surface area contributed by atoms with Crippen molar-refractivity contribution in [3.63, 3.8) is 0 Å². The first-order chi connectivity index (χ1) is 6.38. The monoisotopic (exact) mass is 177 g/mol. The molecule has 13 heavy (non-hydrogen) atoms. The minimum atomic E-state index is -0.0510. The zero-order valence-corrected chi connectivity index (χ0v) is 7.23. The molecule has 0 aliphatic carbocycles. The van der Waals surface area contributed by atoms with Crippen molar-refractivity contribution in [3.05, 3.63) is 24.4 Å². The number of carbonyl (C=O) groups excluding carboxylic acids is 1. The van der Waals surface area contributed by atoms with E-state index in [2.05, 4.69) is 10.3 Å². The fraction of sp³-hybridized carbons (Fsp3) is 0.333. The number of nitrogens with one attached hydrogen (secondary N) is 1. The Hall–Kier alpha value is -1.58. The molecule has 0 unspecified atom stereocenters. The summed E-state index contributed by atoms with van der Waals surface area (Å²) < 4.78 is 0. The van der Waals surface area contributed by atoms with Crippen LogP contribution in [0.4, 0.5) is 10.6 Å². The van der Waals surface area contributed by atoms with Crippen LogP contribution < -0.4 is 10.2 Å². The maximum Gasteiger partial charge on any atom is 0.323 e. The van der Waals surface area contributed by atoms with Crippen LogP contribution in [0.3, 0.4) is 0 Å². The molecule has 4 heteroatoms. The first-order valence-electron chi connectivity index (χ1n) is 4.34. The Balaban J connectivity index is 2.20. The largest absolute Gasteiger partial charge is 0.338 e. The second kappa shape index (κ2) is 3.43. The van der Waals surface area contributed by atoms with Gasteiger partial charge in [0.1, 0.15) is 5.82 Å². The van der Waals surface area contributed by atoms with Crippen molar-refractivity contribution in [2.45, 2.75) is 6.42 Å². The highest BCUT2D eigenvalue weighted by atomic mass is 16.2. The van der Waals surface area contributed by atoms with Gasteiger partial charge in [-0.25, -0.2) is 9.78 Å². The van der Waals surface area contributed by atoms with Crippen LogP contribution >= 0.6 is 0 Å². The molecule has 1 saturated heterocycles. The van der Waals surface area contributed by atoms with Gasteiger partial charge in [-0.2, -0.15) is 0 Å². The number of aromatic nitrogens is 1. The molecule has 0 atom stereocenters. The van der Waals surface area contributed by atoms with Gasteiger partial charge < -0.3 is 5.32 Å². The summed E-state index contributed by atoms with van der Waals surface area (Å²) >= 11 is 0. The summed E-state index contributed by atoms with van der Waals surface area (Å²) in [6.07, 6.45) is 2.67. The molecule has 0 bridgehead atoms. The molecule has 1 fully saturated rings. The number of nitrogens with zero attached hydrogens (tertiary/aromatic N) is 2. The highest BCUT2D eigenvalue weighted by Crippen LogP contribution is 2.11. The fourth-order valence-corrected chi connectivity index (χ4v) is 1.36. The zero-order chi connectivity index (χ0) is 9.10. The van der Waals surface area contributed by atoms with E-state index in [9.17, 15) is 4.79 Å². The molecule has 1 aromatic heterocycles. The van der Waals surface area contributed by atoms with E-state index in [-0.39, 0.29) is 6.03 Å². The van der Waals surface area contributed by atoms with Crippen LogP contribution in [0.15, 0.2) is 24.4 Å². The van der Waals surface area contributed by atoms with Crippen LogP contribution in [0.25, 0.3) is 0 Å². The van der Waals surface area contributed by atoms with Crippen LogP contribution in [0, 0.1) is 0 Å². The van der Waals surface area contributed by atoms with Crippen LogP contribution in [-0.4, -0.2) is 24.1 Å². The number of hydrogen-bond donors (Lipinski definition) is 1. The van der Waals surface area contributed by atoms with Gasteiger partial charge in [-0.15, -0.1) is 0 Å². The summed E-state index contributed by atoms with van der Waals surface area (Å²) in [6.45, 7) is 1.52. The third kappa shape index (κ3) is 1.61. The lowest BCUT2D eigenvalue weighted by atomic mass is 10.3. The van der Waals surface area contributed by atoms with Crippen molar-refractivity contribution >= 4 is 11.8 Å². The van der Waals surface area contributed by atoms with E-state index in [0.717, 1.165) is 25.3 Å². The minimum Gasteiger partial charge on any atom is -0.338 e. The van der Waals surface area contributed by atoms with E-state index < -0.39 is 0 Å².